The number of nitriles is 1. The van der Waals surface area contributed by atoms with E-state index in [2.05, 4.69) is 12.2 Å². The first-order chi connectivity index (χ1) is 12.6. The van der Waals surface area contributed by atoms with Crippen LogP contribution in [-0.4, -0.2) is 0 Å². The Labute approximate surface area is 155 Å². The minimum absolute atomic E-state index is 0.161. The second kappa shape index (κ2) is 9.12. The molecule has 0 spiro atoms. The molecule has 2 fully saturated rings. The number of hydrogen-bond donors (Lipinski definition) is 0. The van der Waals surface area contributed by atoms with Crippen molar-refractivity contribution in [1.82, 2.24) is 0 Å². The number of rotatable bonds is 4. The van der Waals surface area contributed by atoms with Gasteiger partial charge in [0.2, 0.25) is 0 Å². The third kappa shape index (κ3) is 5.27. The molecule has 2 aliphatic carbocycles. The van der Waals surface area contributed by atoms with E-state index in [1.807, 2.05) is 12.1 Å². The summed E-state index contributed by atoms with van der Waals surface area (Å²) in [5, 5.41) is 8.53. The summed E-state index contributed by atoms with van der Waals surface area (Å²) in [7, 11) is 0. The van der Waals surface area contributed by atoms with Crippen LogP contribution < -0.4 is 0 Å². The molecule has 0 N–H and O–H groups in total. The lowest BCUT2D eigenvalue weighted by Gasteiger charge is -2.28. The molecule has 0 amide bonds. The van der Waals surface area contributed by atoms with E-state index in [0.29, 0.717) is 17.8 Å². The van der Waals surface area contributed by atoms with Crippen molar-refractivity contribution >= 4 is 0 Å². The Morgan fingerprint density at radius 3 is 1.88 bits per heavy atom. The van der Waals surface area contributed by atoms with Crippen LogP contribution in [0.4, 0.5) is 8.78 Å². The zero-order chi connectivity index (χ0) is 18.4. The van der Waals surface area contributed by atoms with Gasteiger partial charge in [-0.3, -0.25) is 0 Å². The molecule has 2 saturated carbocycles. The predicted molar refractivity (Wildman–Crippen MR) is 100 cm³/mol. The van der Waals surface area contributed by atoms with Gasteiger partial charge in [-0.1, -0.05) is 24.3 Å². The highest BCUT2D eigenvalue weighted by Crippen LogP contribution is 2.37. The maximum atomic E-state index is 13.1. The highest BCUT2D eigenvalue weighted by Gasteiger charge is 2.22. The molecule has 2 aliphatic rings. The number of nitrogens with zero attached hydrogens (tertiary/aromatic N) is 1. The maximum Gasteiger partial charge on any atom is 0.196 e. The van der Waals surface area contributed by atoms with Gasteiger partial charge in [-0.25, -0.2) is 4.39 Å². The molecule has 3 heteroatoms. The van der Waals surface area contributed by atoms with E-state index >= 15 is 0 Å². The monoisotopic (exact) mass is 355 g/mol. The predicted octanol–water partition coefficient (Wildman–Crippen LogP) is 6.84. The van der Waals surface area contributed by atoms with Gasteiger partial charge in [0.05, 0.1) is 0 Å². The fourth-order valence-corrected chi connectivity index (χ4v) is 4.44. The van der Waals surface area contributed by atoms with Gasteiger partial charge >= 0.3 is 0 Å². The fraction of sp³-hybridized carbons (Fsp3) is 0.522. The average molecular weight is 355 g/mol. The molecule has 0 radical (unpaired) electrons. The molecule has 0 aliphatic heterocycles. The van der Waals surface area contributed by atoms with Gasteiger partial charge in [0.25, 0.3) is 0 Å². The molecule has 1 aromatic carbocycles. The Morgan fingerprint density at radius 1 is 0.846 bits per heavy atom. The van der Waals surface area contributed by atoms with Gasteiger partial charge in [0, 0.05) is 0 Å². The molecule has 0 atom stereocenters. The average Bonchev–Trinajstić information content (AvgIpc) is 2.68. The van der Waals surface area contributed by atoms with Crippen molar-refractivity contribution in [1.29, 1.82) is 5.26 Å². The number of benzene rings is 1. The number of allylic oxidation sites excluding steroid dienone is 4. The Bertz CT molecular complexity index is 667. The highest BCUT2D eigenvalue weighted by atomic mass is 19.1. The topological polar surface area (TPSA) is 23.8 Å². The van der Waals surface area contributed by atoms with Crippen LogP contribution in [0, 0.1) is 34.9 Å². The van der Waals surface area contributed by atoms with E-state index in [9.17, 15) is 8.78 Å². The van der Waals surface area contributed by atoms with Crippen LogP contribution in [0.5, 0.6) is 0 Å². The summed E-state index contributed by atoms with van der Waals surface area (Å²) < 4.78 is 26.1. The second-order valence-corrected chi connectivity index (χ2v) is 7.85. The van der Waals surface area contributed by atoms with E-state index in [1.165, 1.54) is 37.3 Å². The summed E-state index contributed by atoms with van der Waals surface area (Å²) >= 11 is 0. The normalized spacial score (nSPS) is 30.3. The van der Waals surface area contributed by atoms with Gasteiger partial charge in [-0.15, -0.1) is 0 Å². The molecule has 26 heavy (non-hydrogen) atoms. The highest BCUT2D eigenvalue weighted by molar-refractivity contribution is 5.21. The molecule has 138 valence electrons. The van der Waals surface area contributed by atoms with E-state index in [-0.39, 0.29) is 11.7 Å². The lowest BCUT2D eigenvalue weighted by atomic mass is 9.77. The fourth-order valence-electron chi connectivity index (χ4n) is 4.44. The van der Waals surface area contributed by atoms with E-state index in [0.717, 1.165) is 25.7 Å². The van der Waals surface area contributed by atoms with Crippen LogP contribution in [-0.2, 0) is 0 Å². The first kappa shape index (κ1) is 18.8. The van der Waals surface area contributed by atoms with Crippen molar-refractivity contribution < 1.29 is 8.78 Å². The minimum atomic E-state index is -0.637. The number of halogens is 2. The summed E-state index contributed by atoms with van der Waals surface area (Å²) in [6.07, 6.45) is 15.1. The van der Waals surface area contributed by atoms with E-state index in [1.54, 1.807) is 18.2 Å². The van der Waals surface area contributed by atoms with Crippen molar-refractivity contribution in [3.8, 4) is 6.07 Å². The zero-order valence-electron chi connectivity index (χ0n) is 15.2. The van der Waals surface area contributed by atoms with Crippen molar-refractivity contribution in [2.75, 3.05) is 0 Å². The van der Waals surface area contributed by atoms with Crippen molar-refractivity contribution in [3.05, 3.63) is 59.7 Å². The largest absolute Gasteiger partial charge is 0.207 e. The molecule has 1 nitrogen and oxygen atoms in total. The molecule has 3 rings (SSSR count). The van der Waals surface area contributed by atoms with Gasteiger partial charge < -0.3 is 0 Å². The first-order valence-corrected chi connectivity index (χ1v) is 9.85. The summed E-state index contributed by atoms with van der Waals surface area (Å²) in [6, 6.07) is 8.56. The molecule has 0 aromatic heterocycles. The van der Waals surface area contributed by atoms with E-state index in [4.69, 9.17) is 5.26 Å². The maximum absolute atomic E-state index is 13.1. The summed E-state index contributed by atoms with van der Waals surface area (Å²) in [5.41, 5.74) is 1.27. The number of hydrogen-bond acceptors (Lipinski definition) is 1. The van der Waals surface area contributed by atoms with E-state index < -0.39 is 5.83 Å². The van der Waals surface area contributed by atoms with Gasteiger partial charge in [-0.2, -0.15) is 9.65 Å². The van der Waals surface area contributed by atoms with Crippen LogP contribution in [0.1, 0.15) is 62.8 Å². The SMILES string of the molecule is N#CC(F)=C[C@H]1CC[C@H](/C=C/[C@H]2CC[C@H](c3ccc(F)cc3)CC2)CC1. The van der Waals surface area contributed by atoms with Gasteiger partial charge in [0.1, 0.15) is 11.9 Å². The molecular formula is C23H27F2N. The third-order valence-corrected chi connectivity index (χ3v) is 6.07. The zero-order valence-corrected chi connectivity index (χ0v) is 15.2. The Kier molecular flexibility index (Phi) is 6.61. The van der Waals surface area contributed by atoms with Gasteiger partial charge in [-0.05, 0) is 98.8 Å². The van der Waals surface area contributed by atoms with Crippen LogP contribution in [0.2, 0.25) is 0 Å². The van der Waals surface area contributed by atoms with Crippen molar-refractivity contribution in [3.63, 3.8) is 0 Å². The van der Waals surface area contributed by atoms with Gasteiger partial charge in [0.15, 0.2) is 5.83 Å². The third-order valence-electron chi connectivity index (χ3n) is 6.07. The van der Waals surface area contributed by atoms with Crippen LogP contribution in [0.15, 0.2) is 48.3 Å². The van der Waals surface area contributed by atoms with Crippen LogP contribution >= 0.6 is 0 Å². The lowest BCUT2D eigenvalue weighted by molar-refractivity contribution is 0.346. The van der Waals surface area contributed by atoms with Crippen LogP contribution in [0.25, 0.3) is 0 Å². The minimum Gasteiger partial charge on any atom is -0.207 e. The quantitative estimate of drug-likeness (QED) is 0.428. The van der Waals surface area contributed by atoms with Crippen molar-refractivity contribution in [2.45, 2.75) is 57.3 Å². The molecular weight excluding hydrogens is 328 g/mol. The molecule has 0 saturated heterocycles. The summed E-state index contributed by atoms with van der Waals surface area (Å²) in [5.74, 6) is 1.25. The molecule has 0 bridgehead atoms. The smallest absolute Gasteiger partial charge is 0.196 e. The first-order valence-electron chi connectivity index (χ1n) is 9.85. The Hall–Kier alpha value is -1.95. The van der Waals surface area contributed by atoms with Crippen LogP contribution in [0.3, 0.4) is 0 Å². The lowest BCUT2D eigenvalue weighted by Crippen LogP contribution is -2.14. The second-order valence-electron chi connectivity index (χ2n) is 7.85. The molecule has 0 unspecified atom stereocenters. The standard InChI is InChI=1S/C23H27F2N/c24-22-13-11-21(12-14-22)20-9-7-18(8-10-20)2-1-17-3-5-19(6-4-17)15-23(25)16-26/h1-2,11-15,17-20H,3-10H2/b2-1+,23-15?/t17-,18-,19-,20-. The summed E-state index contributed by atoms with van der Waals surface area (Å²) in [4.78, 5) is 0. The summed E-state index contributed by atoms with van der Waals surface area (Å²) in [6.45, 7) is 0. The van der Waals surface area contributed by atoms with Crippen molar-refractivity contribution in [2.24, 2.45) is 17.8 Å². The molecule has 0 heterocycles. The Balaban J connectivity index is 1.42. The Morgan fingerprint density at radius 2 is 1.35 bits per heavy atom. The molecule has 1 aromatic rings.